The number of azo groups is 1. The first kappa shape index (κ1) is 13.3. The van der Waals surface area contributed by atoms with Gasteiger partial charge < -0.3 is 9.52 Å². The zero-order valence-corrected chi connectivity index (χ0v) is 12.0. The van der Waals surface area contributed by atoms with E-state index in [9.17, 15) is 5.11 Å². The fourth-order valence-corrected chi connectivity index (χ4v) is 2.31. The third-order valence-corrected chi connectivity index (χ3v) is 3.39. The lowest BCUT2D eigenvalue weighted by Crippen LogP contribution is -1.81. The molecular weight excluding hydrogens is 292 g/mol. The van der Waals surface area contributed by atoms with Crippen LogP contribution < -0.4 is 0 Å². The Kier molecular flexibility index (Phi) is 3.12. The largest absolute Gasteiger partial charge is 0.506 e. The van der Waals surface area contributed by atoms with E-state index in [4.69, 9.17) is 4.42 Å². The highest BCUT2D eigenvalue weighted by Gasteiger charge is 2.15. The first-order valence-corrected chi connectivity index (χ1v) is 7.03. The highest BCUT2D eigenvalue weighted by molar-refractivity contribution is 5.71. The van der Waals surface area contributed by atoms with Gasteiger partial charge in [0.25, 0.3) is 0 Å². The number of aromatic nitrogens is 2. The van der Waals surface area contributed by atoms with Crippen molar-refractivity contribution in [1.29, 1.82) is 0 Å². The van der Waals surface area contributed by atoms with Gasteiger partial charge in [0.15, 0.2) is 17.3 Å². The van der Waals surface area contributed by atoms with Crippen LogP contribution in [0.15, 0.2) is 81.7 Å². The van der Waals surface area contributed by atoms with E-state index in [1.165, 1.54) is 0 Å². The predicted molar refractivity (Wildman–Crippen MR) is 85.2 cm³/mol. The molecule has 0 radical (unpaired) electrons. The van der Waals surface area contributed by atoms with Crippen molar-refractivity contribution in [2.24, 2.45) is 10.2 Å². The lowest BCUT2D eigenvalue weighted by atomic mass is 10.3. The Hall–Kier alpha value is -3.41. The zero-order chi connectivity index (χ0) is 15.6. The molecule has 4 rings (SSSR count). The normalized spacial score (nSPS) is 11.5. The molecule has 3 aromatic heterocycles. The van der Waals surface area contributed by atoms with Crippen LogP contribution in [0.1, 0.15) is 0 Å². The maximum atomic E-state index is 9.81. The number of rotatable bonds is 3. The van der Waals surface area contributed by atoms with Crippen molar-refractivity contribution in [2.75, 3.05) is 0 Å². The quantitative estimate of drug-likeness (QED) is 0.557. The molecule has 0 spiro atoms. The predicted octanol–water partition coefficient (Wildman–Crippen LogP) is 4.72. The van der Waals surface area contributed by atoms with Crippen molar-refractivity contribution in [3.63, 3.8) is 0 Å². The molecule has 0 saturated heterocycles. The number of imidazole rings is 1. The first-order chi connectivity index (χ1) is 11.3. The Morgan fingerprint density at radius 3 is 2.65 bits per heavy atom. The van der Waals surface area contributed by atoms with E-state index in [-0.39, 0.29) is 5.75 Å². The molecule has 0 aliphatic carbocycles. The van der Waals surface area contributed by atoms with Gasteiger partial charge in [-0.05, 0) is 36.4 Å². The third-order valence-electron chi connectivity index (χ3n) is 3.39. The number of pyridine rings is 1. The summed E-state index contributed by atoms with van der Waals surface area (Å²) in [7, 11) is 0. The Morgan fingerprint density at radius 1 is 0.957 bits per heavy atom. The molecule has 0 aliphatic heterocycles. The second-order valence-electron chi connectivity index (χ2n) is 4.88. The summed E-state index contributed by atoms with van der Waals surface area (Å²) in [5.74, 6) is 1.23. The zero-order valence-electron chi connectivity index (χ0n) is 12.0. The molecule has 4 aromatic rings. The monoisotopic (exact) mass is 304 g/mol. The van der Waals surface area contributed by atoms with Gasteiger partial charge in [-0.15, -0.1) is 10.2 Å². The summed E-state index contributed by atoms with van der Waals surface area (Å²) in [6.07, 6.45) is 3.44. The van der Waals surface area contributed by atoms with Gasteiger partial charge in [-0.2, -0.15) is 0 Å². The molecule has 0 amide bonds. The molecule has 1 N–H and O–H groups in total. The number of benzene rings is 1. The van der Waals surface area contributed by atoms with Crippen LogP contribution in [0.3, 0.4) is 0 Å². The van der Waals surface area contributed by atoms with E-state index in [1.54, 1.807) is 36.6 Å². The smallest absolute Gasteiger partial charge is 0.190 e. The van der Waals surface area contributed by atoms with Gasteiger partial charge in [0, 0.05) is 6.20 Å². The minimum atomic E-state index is 0.0737. The standard InChI is InChI=1S/C17H12N4O2/c22-13-7-2-1-6-12(13)19-20-17-16(14-8-5-11-23-14)18-15-9-3-4-10-21(15)17/h1-11,22H. The Morgan fingerprint density at radius 2 is 1.83 bits per heavy atom. The van der Waals surface area contributed by atoms with Gasteiger partial charge in [-0.25, -0.2) is 4.98 Å². The average Bonchev–Trinajstić information content (AvgIpc) is 3.21. The van der Waals surface area contributed by atoms with Crippen molar-refractivity contribution in [2.45, 2.75) is 0 Å². The molecule has 1 aromatic carbocycles. The maximum Gasteiger partial charge on any atom is 0.190 e. The summed E-state index contributed by atoms with van der Waals surface area (Å²) >= 11 is 0. The number of fused-ring (bicyclic) bond motifs is 1. The second kappa shape index (κ2) is 5.42. The van der Waals surface area contributed by atoms with Crippen LogP contribution in [0.2, 0.25) is 0 Å². The Labute approximate surface area is 131 Å². The molecule has 0 saturated carbocycles. The van der Waals surface area contributed by atoms with Crippen LogP contribution in [0.25, 0.3) is 17.1 Å². The minimum Gasteiger partial charge on any atom is -0.506 e. The van der Waals surface area contributed by atoms with Crippen molar-refractivity contribution in [1.82, 2.24) is 9.38 Å². The lowest BCUT2D eigenvalue weighted by Gasteiger charge is -1.98. The molecule has 0 atom stereocenters. The van der Waals surface area contributed by atoms with Gasteiger partial charge in [-0.3, -0.25) is 4.40 Å². The SMILES string of the molecule is Oc1ccccc1N=Nc1c(-c2ccco2)nc2ccccn12. The van der Waals surface area contributed by atoms with Crippen LogP contribution in [0.4, 0.5) is 11.5 Å². The fourth-order valence-electron chi connectivity index (χ4n) is 2.31. The molecule has 6 heteroatoms. The van der Waals surface area contributed by atoms with Crippen LogP contribution in [0.5, 0.6) is 5.75 Å². The Balaban J connectivity index is 1.88. The summed E-state index contributed by atoms with van der Waals surface area (Å²) < 4.78 is 7.26. The second-order valence-corrected chi connectivity index (χ2v) is 4.88. The van der Waals surface area contributed by atoms with Crippen LogP contribution in [-0.4, -0.2) is 14.5 Å². The summed E-state index contributed by atoms with van der Waals surface area (Å²) in [5, 5.41) is 18.2. The van der Waals surface area contributed by atoms with Crippen molar-refractivity contribution >= 4 is 17.2 Å². The summed E-state index contributed by atoms with van der Waals surface area (Å²) in [6, 6.07) is 16.1. The van der Waals surface area contributed by atoms with E-state index in [0.29, 0.717) is 23.0 Å². The van der Waals surface area contributed by atoms with E-state index in [0.717, 1.165) is 5.65 Å². The van der Waals surface area contributed by atoms with Crippen LogP contribution in [-0.2, 0) is 0 Å². The molecule has 6 nitrogen and oxygen atoms in total. The Bertz CT molecular complexity index is 987. The number of furan rings is 1. The highest BCUT2D eigenvalue weighted by Crippen LogP contribution is 2.33. The van der Waals surface area contributed by atoms with E-state index in [2.05, 4.69) is 15.2 Å². The maximum absolute atomic E-state index is 9.81. The van der Waals surface area contributed by atoms with Gasteiger partial charge in [0.2, 0.25) is 0 Å². The number of phenolic OH excluding ortho intramolecular Hbond substituents is 1. The number of aromatic hydroxyl groups is 1. The molecule has 23 heavy (non-hydrogen) atoms. The fraction of sp³-hybridized carbons (Fsp3) is 0. The number of nitrogens with zero attached hydrogens (tertiary/aromatic N) is 4. The first-order valence-electron chi connectivity index (χ1n) is 7.03. The van der Waals surface area contributed by atoms with Crippen LogP contribution >= 0.6 is 0 Å². The van der Waals surface area contributed by atoms with E-state index in [1.807, 2.05) is 34.9 Å². The molecule has 112 valence electrons. The van der Waals surface area contributed by atoms with E-state index < -0.39 is 0 Å². The van der Waals surface area contributed by atoms with Gasteiger partial charge in [0.1, 0.15) is 17.1 Å². The van der Waals surface area contributed by atoms with Gasteiger partial charge in [0.05, 0.1) is 6.26 Å². The highest BCUT2D eigenvalue weighted by atomic mass is 16.3. The number of hydrogen-bond donors (Lipinski definition) is 1. The molecular formula is C17H12N4O2. The topological polar surface area (TPSA) is 75.4 Å². The third kappa shape index (κ3) is 2.36. The van der Waals surface area contributed by atoms with E-state index >= 15 is 0 Å². The van der Waals surface area contributed by atoms with Crippen LogP contribution in [0, 0.1) is 0 Å². The number of hydrogen-bond acceptors (Lipinski definition) is 5. The molecule has 0 aliphatic rings. The van der Waals surface area contributed by atoms with Gasteiger partial charge in [-0.1, -0.05) is 18.2 Å². The molecule has 0 fully saturated rings. The lowest BCUT2D eigenvalue weighted by molar-refractivity contribution is 0.476. The summed E-state index contributed by atoms with van der Waals surface area (Å²) in [6.45, 7) is 0. The van der Waals surface area contributed by atoms with Crippen molar-refractivity contribution < 1.29 is 9.52 Å². The van der Waals surface area contributed by atoms with Crippen molar-refractivity contribution in [3.8, 4) is 17.2 Å². The summed E-state index contributed by atoms with van der Waals surface area (Å²) in [5.41, 5.74) is 1.73. The molecule has 0 unspecified atom stereocenters. The minimum absolute atomic E-state index is 0.0737. The number of para-hydroxylation sites is 1. The summed E-state index contributed by atoms with van der Waals surface area (Å²) in [4.78, 5) is 4.54. The van der Waals surface area contributed by atoms with Gasteiger partial charge >= 0.3 is 0 Å². The average molecular weight is 304 g/mol. The molecule has 0 bridgehead atoms. The number of phenols is 1. The van der Waals surface area contributed by atoms with Crippen molar-refractivity contribution in [3.05, 3.63) is 67.1 Å². The molecule has 3 heterocycles.